The second-order valence-corrected chi connectivity index (χ2v) is 6.49. The highest BCUT2D eigenvalue weighted by atomic mass is 19.4. The van der Waals surface area contributed by atoms with Crippen molar-refractivity contribution < 1.29 is 22.8 Å². The normalized spacial score (nSPS) is 20.8. The van der Waals surface area contributed by atoms with E-state index in [0.29, 0.717) is 19.0 Å². The van der Waals surface area contributed by atoms with Crippen LogP contribution in [0.25, 0.3) is 0 Å². The molecule has 140 valence electrons. The van der Waals surface area contributed by atoms with E-state index >= 15 is 0 Å². The first-order chi connectivity index (χ1) is 12.2. The fraction of sp³-hybridized carbons (Fsp3) is 0.471. The number of nitrogens with one attached hydrogen (secondary N) is 1. The van der Waals surface area contributed by atoms with Crippen LogP contribution in [0.4, 0.5) is 24.8 Å². The van der Waals surface area contributed by atoms with Gasteiger partial charge in [0.15, 0.2) is 0 Å². The Morgan fingerprint density at radius 3 is 2.58 bits per heavy atom. The van der Waals surface area contributed by atoms with E-state index in [1.807, 2.05) is 6.92 Å². The van der Waals surface area contributed by atoms with Gasteiger partial charge in [-0.25, -0.2) is 4.98 Å². The minimum Gasteiger partial charge on any atom is -0.356 e. The minimum atomic E-state index is -4.54. The van der Waals surface area contributed by atoms with Crippen molar-refractivity contribution in [3.63, 3.8) is 0 Å². The van der Waals surface area contributed by atoms with Gasteiger partial charge in [-0.05, 0) is 31.4 Å². The molecule has 3 rings (SSSR count). The second kappa shape index (κ2) is 6.62. The Labute approximate surface area is 148 Å². The van der Waals surface area contributed by atoms with Crippen LogP contribution in [0.5, 0.6) is 0 Å². The molecule has 0 radical (unpaired) electrons. The summed E-state index contributed by atoms with van der Waals surface area (Å²) < 4.78 is 40.1. The Kier molecular flexibility index (Phi) is 4.64. The van der Waals surface area contributed by atoms with Crippen LogP contribution in [-0.4, -0.2) is 34.9 Å². The molecule has 2 amide bonds. The first-order valence-corrected chi connectivity index (χ1v) is 8.37. The second-order valence-electron chi connectivity index (χ2n) is 6.49. The molecule has 1 atom stereocenters. The molecule has 1 aromatic rings. The number of pyridine rings is 1. The van der Waals surface area contributed by atoms with Gasteiger partial charge in [0.1, 0.15) is 11.6 Å². The highest BCUT2D eigenvalue weighted by Crippen LogP contribution is 2.38. The molecular weight excluding hydrogens is 349 g/mol. The average Bonchev–Trinajstić information content (AvgIpc) is 3.14. The van der Waals surface area contributed by atoms with E-state index in [-0.39, 0.29) is 17.2 Å². The van der Waals surface area contributed by atoms with Gasteiger partial charge in [0.05, 0.1) is 5.56 Å². The van der Waals surface area contributed by atoms with E-state index in [9.17, 15) is 22.8 Å². The first kappa shape index (κ1) is 18.2. The molecule has 26 heavy (non-hydrogen) atoms. The summed E-state index contributed by atoms with van der Waals surface area (Å²) in [6.07, 6.45) is -1.69. The number of aromatic nitrogens is 1. The maximum Gasteiger partial charge on any atom is 0.419 e. The number of carbonyl (C=O) groups is 2. The molecule has 0 unspecified atom stereocenters. The summed E-state index contributed by atoms with van der Waals surface area (Å²) in [7, 11) is 0. The van der Waals surface area contributed by atoms with Crippen LogP contribution in [0.3, 0.4) is 0 Å². The number of nitrogens with zero attached hydrogens (tertiary/aromatic N) is 3. The number of anilines is 2. The highest BCUT2D eigenvalue weighted by molar-refractivity contribution is 6.16. The Morgan fingerprint density at radius 1 is 1.31 bits per heavy atom. The van der Waals surface area contributed by atoms with Crippen molar-refractivity contribution in [3.05, 3.63) is 29.3 Å². The lowest BCUT2D eigenvalue weighted by molar-refractivity contribution is -0.138. The third-order valence-corrected chi connectivity index (χ3v) is 4.67. The lowest BCUT2D eigenvalue weighted by atomic mass is 10.1. The molecule has 2 aliphatic heterocycles. The van der Waals surface area contributed by atoms with Crippen molar-refractivity contribution >= 4 is 23.5 Å². The SMILES string of the molecule is CC[C@H]1CCN(c2nc(NN3C(=O)C=C(C)C3=O)ccc2C(F)(F)F)C1. The molecule has 1 aromatic heterocycles. The first-order valence-electron chi connectivity index (χ1n) is 8.37. The minimum absolute atomic E-state index is 0.0118. The molecule has 9 heteroatoms. The van der Waals surface area contributed by atoms with Crippen molar-refractivity contribution in [1.82, 2.24) is 9.99 Å². The van der Waals surface area contributed by atoms with E-state index in [0.717, 1.165) is 36.1 Å². The predicted molar refractivity (Wildman–Crippen MR) is 89.1 cm³/mol. The number of alkyl halides is 3. The van der Waals surface area contributed by atoms with Gasteiger partial charge in [-0.1, -0.05) is 13.3 Å². The topological polar surface area (TPSA) is 65.5 Å². The number of amides is 2. The predicted octanol–water partition coefficient (Wildman–Crippen LogP) is 2.98. The smallest absolute Gasteiger partial charge is 0.356 e. The number of hydrogen-bond donors (Lipinski definition) is 1. The largest absolute Gasteiger partial charge is 0.419 e. The highest BCUT2D eigenvalue weighted by Gasteiger charge is 2.38. The molecule has 0 aromatic carbocycles. The lowest BCUT2D eigenvalue weighted by Crippen LogP contribution is -2.37. The molecule has 0 spiro atoms. The summed E-state index contributed by atoms with van der Waals surface area (Å²) in [5, 5.41) is 0.744. The van der Waals surface area contributed by atoms with Gasteiger partial charge < -0.3 is 4.90 Å². The Morgan fingerprint density at radius 2 is 2.04 bits per heavy atom. The monoisotopic (exact) mass is 368 g/mol. The van der Waals surface area contributed by atoms with Gasteiger partial charge in [-0.15, -0.1) is 0 Å². The Balaban J connectivity index is 1.90. The summed E-state index contributed by atoms with van der Waals surface area (Å²) in [4.78, 5) is 29.4. The van der Waals surface area contributed by atoms with Crippen LogP contribution in [0.1, 0.15) is 32.3 Å². The van der Waals surface area contributed by atoms with Gasteiger partial charge in [0.2, 0.25) is 0 Å². The van der Waals surface area contributed by atoms with Crippen LogP contribution < -0.4 is 10.3 Å². The van der Waals surface area contributed by atoms with Crippen molar-refractivity contribution in [2.24, 2.45) is 5.92 Å². The fourth-order valence-electron chi connectivity index (χ4n) is 3.14. The van der Waals surface area contributed by atoms with Gasteiger partial charge in [0.25, 0.3) is 11.8 Å². The number of imide groups is 1. The van der Waals surface area contributed by atoms with E-state index in [1.165, 1.54) is 6.92 Å². The van der Waals surface area contributed by atoms with Gasteiger partial charge in [0, 0.05) is 24.7 Å². The number of rotatable bonds is 4. The molecule has 0 bridgehead atoms. The number of hydrogen-bond acceptors (Lipinski definition) is 5. The zero-order valence-corrected chi connectivity index (χ0v) is 14.4. The van der Waals surface area contributed by atoms with E-state index in [2.05, 4.69) is 10.4 Å². The van der Waals surface area contributed by atoms with Gasteiger partial charge >= 0.3 is 6.18 Å². The summed E-state index contributed by atoms with van der Waals surface area (Å²) in [5.74, 6) is -0.975. The van der Waals surface area contributed by atoms with Crippen LogP contribution in [0.2, 0.25) is 0 Å². The third-order valence-electron chi connectivity index (χ3n) is 4.67. The lowest BCUT2D eigenvalue weighted by Gasteiger charge is -2.24. The molecule has 0 saturated carbocycles. The third kappa shape index (κ3) is 3.38. The molecule has 1 fully saturated rings. The number of halogens is 3. The van der Waals surface area contributed by atoms with E-state index in [4.69, 9.17) is 0 Å². The quantitative estimate of drug-likeness (QED) is 0.828. The zero-order chi connectivity index (χ0) is 19.1. The molecule has 2 aliphatic rings. The molecule has 1 N–H and O–H groups in total. The van der Waals surface area contributed by atoms with E-state index in [1.54, 1.807) is 4.90 Å². The number of hydrazine groups is 1. The Hall–Kier alpha value is -2.58. The number of carbonyl (C=O) groups excluding carboxylic acids is 2. The maximum absolute atomic E-state index is 13.4. The van der Waals surface area contributed by atoms with Crippen LogP contribution in [0, 0.1) is 5.92 Å². The summed E-state index contributed by atoms with van der Waals surface area (Å²) in [6.45, 7) is 4.48. The fourth-order valence-corrected chi connectivity index (χ4v) is 3.14. The van der Waals surface area contributed by atoms with Crippen molar-refractivity contribution in [1.29, 1.82) is 0 Å². The Bertz CT molecular complexity index is 776. The summed E-state index contributed by atoms with van der Waals surface area (Å²) in [5.41, 5.74) is 1.94. The molecule has 3 heterocycles. The maximum atomic E-state index is 13.4. The van der Waals surface area contributed by atoms with Gasteiger partial charge in [-0.2, -0.15) is 18.2 Å². The molecular formula is C17H19F3N4O2. The molecule has 6 nitrogen and oxygen atoms in total. The summed E-state index contributed by atoms with van der Waals surface area (Å²) >= 11 is 0. The zero-order valence-electron chi connectivity index (χ0n) is 14.4. The van der Waals surface area contributed by atoms with E-state index < -0.39 is 23.6 Å². The molecule has 1 saturated heterocycles. The van der Waals surface area contributed by atoms with Crippen molar-refractivity contribution in [2.45, 2.75) is 32.9 Å². The van der Waals surface area contributed by atoms with Crippen molar-refractivity contribution in [2.75, 3.05) is 23.4 Å². The molecule has 0 aliphatic carbocycles. The van der Waals surface area contributed by atoms with Crippen molar-refractivity contribution in [3.8, 4) is 0 Å². The van der Waals surface area contributed by atoms with Crippen LogP contribution >= 0.6 is 0 Å². The van der Waals surface area contributed by atoms with Crippen LogP contribution in [-0.2, 0) is 15.8 Å². The average molecular weight is 368 g/mol. The van der Waals surface area contributed by atoms with Gasteiger partial charge in [-0.3, -0.25) is 15.0 Å². The summed E-state index contributed by atoms with van der Waals surface area (Å²) in [6, 6.07) is 2.04. The van der Waals surface area contributed by atoms with Crippen LogP contribution in [0.15, 0.2) is 23.8 Å². The standard InChI is InChI=1S/C17H19F3N4O2/c1-3-11-6-7-23(9-11)15-12(17(18,19)20)4-5-13(21-15)22-24-14(25)8-10(2)16(24)26/h4-5,8,11H,3,6-7,9H2,1-2H3,(H,21,22)/t11-/m0/s1.